The first-order valence-corrected chi connectivity index (χ1v) is 7.33. The Morgan fingerprint density at radius 3 is 2.84 bits per heavy atom. The summed E-state index contributed by atoms with van der Waals surface area (Å²) in [5, 5.41) is 6.38. The lowest BCUT2D eigenvalue weighted by Crippen LogP contribution is -2.24. The smallest absolute Gasteiger partial charge is 0.220 e. The molecule has 0 spiro atoms. The van der Waals surface area contributed by atoms with Crippen LogP contribution in [0.1, 0.15) is 37.3 Å². The fourth-order valence-corrected chi connectivity index (χ4v) is 2.65. The first-order valence-electron chi connectivity index (χ1n) is 7.33. The summed E-state index contributed by atoms with van der Waals surface area (Å²) in [5.41, 5.74) is 2.56. The van der Waals surface area contributed by atoms with Gasteiger partial charge >= 0.3 is 0 Å². The van der Waals surface area contributed by atoms with Gasteiger partial charge in [-0.25, -0.2) is 0 Å². The molecule has 0 aromatic heterocycles. The zero-order chi connectivity index (χ0) is 13.5. The summed E-state index contributed by atoms with van der Waals surface area (Å²) in [7, 11) is 0. The number of hydrogen-bond acceptors (Lipinski definition) is 2. The zero-order valence-electron chi connectivity index (χ0n) is 11.7. The minimum absolute atomic E-state index is 0.179. The van der Waals surface area contributed by atoms with Gasteiger partial charge in [0.2, 0.25) is 5.91 Å². The summed E-state index contributed by atoms with van der Waals surface area (Å²) in [5.74, 6) is 0.867. The monoisotopic (exact) mass is 260 g/mol. The van der Waals surface area contributed by atoms with Gasteiger partial charge in [0.05, 0.1) is 0 Å². The van der Waals surface area contributed by atoms with Gasteiger partial charge in [-0.3, -0.25) is 4.79 Å². The topological polar surface area (TPSA) is 41.1 Å². The predicted octanol–water partition coefficient (Wildman–Crippen LogP) is 2.25. The predicted molar refractivity (Wildman–Crippen MR) is 77.9 cm³/mol. The van der Waals surface area contributed by atoms with Crippen LogP contribution in [0.4, 0.5) is 0 Å². The third-order valence-corrected chi connectivity index (χ3v) is 3.92. The summed E-state index contributed by atoms with van der Waals surface area (Å²) in [6.07, 6.45) is 3.89. The van der Waals surface area contributed by atoms with Gasteiger partial charge in [-0.05, 0) is 49.4 Å². The second-order valence-corrected chi connectivity index (χ2v) is 5.30. The van der Waals surface area contributed by atoms with E-state index in [1.54, 1.807) is 0 Å². The Kier molecular flexibility index (Phi) is 5.40. The molecule has 1 heterocycles. The van der Waals surface area contributed by atoms with Gasteiger partial charge in [-0.15, -0.1) is 0 Å². The highest BCUT2D eigenvalue weighted by Crippen LogP contribution is 2.14. The Morgan fingerprint density at radius 2 is 2.16 bits per heavy atom. The molecule has 1 atom stereocenters. The maximum atomic E-state index is 11.8. The first-order chi connectivity index (χ1) is 9.29. The molecule has 0 radical (unpaired) electrons. The average molecular weight is 260 g/mol. The van der Waals surface area contributed by atoms with E-state index in [0.29, 0.717) is 18.9 Å². The molecule has 2 N–H and O–H groups in total. The molecule has 1 fully saturated rings. The number of benzene rings is 1. The summed E-state index contributed by atoms with van der Waals surface area (Å²) in [6, 6.07) is 8.31. The maximum Gasteiger partial charge on any atom is 0.220 e. The largest absolute Gasteiger partial charge is 0.352 e. The molecule has 0 aliphatic carbocycles. The molecule has 0 bridgehead atoms. The molecule has 2 rings (SSSR count). The van der Waals surface area contributed by atoms with Gasteiger partial charge in [-0.2, -0.15) is 0 Å². The Morgan fingerprint density at radius 1 is 1.37 bits per heavy atom. The Labute approximate surface area is 115 Å². The van der Waals surface area contributed by atoms with E-state index in [9.17, 15) is 4.79 Å². The van der Waals surface area contributed by atoms with Gasteiger partial charge < -0.3 is 10.6 Å². The minimum Gasteiger partial charge on any atom is -0.352 e. The summed E-state index contributed by atoms with van der Waals surface area (Å²) in [4.78, 5) is 11.8. The molecular weight excluding hydrogens is 236 g/mol. The van der Waals surface area contributed by atoms with E-state index >= 15 is 0 Å². The standard InChI is InChI=1S/C16H24N2O/c1-2-14-5-3-4-6-15(14)12-18-16(19)8-7-13-9-10-17-11-13/h3-6,13,17H,2,7-12H2,1H3,(H,18,19). The molecule has 1 saturated heterocycles. The second-order valence-electron chi connectivity index (χ2n) is 5.30. The highest BCUT2D eigenvalue weighted by atomic mass is 16.1. The quantitative estimate of drug-likeness (QED) is 0.823. The van der Waals surface area contributed by atoms with Crippen molar-refractivity contribution in [1.82, 2.24) is 10.6 Å². The summed E-state index contributed by atoms with van der Waals surface area (Å²) < 4.78 is 0. The van der Waals surface area contributed by atoms with Crippen LogP contribution >= 0.6 is 0 Å². The highest BCUT2D eigenvalue weighted by molar-refractivity contribution is 5.75. The number of carbonyl (C=O) groups is 1. The second kappa shape index (κ2) is 7.29. The molecule has 1 amide bonds. The van der Waals surface area contributed by atoms with Crippen molar-refractivity contribution < 1.29 is 4.79 Å². The van der Waals surface area contributed by atoms with Crippen LogP contribution in [-0.4, -0.2) is 19.0 Å². The molecule has 1 aliphatic heterocycles. The zero-order valence-corrected chi connectivity index (χ0v) is 11.7. The lowest BCUT2D eigenvalue weighted by atomic mass is 10.0. The van der Waals surface area contributed by atoms with Crippen molar-refractivity contribution in [3.63, 3.8) is 0 Å². The molecule has 1 aromatic rings. The third-order valence-electron chi connectivity index (χ3n) is 3.92. The van der Waals surface area contributed by atoms with E-state index in [0.717, 1.165) is 25.9 Å². The van der Waals surface area contributed by atoms with Crippen LogP contribution < -0.4 is 10.6 Å². The van der Waals surface area contributed by atoms with E-state index in [4.69, 9.17) is 0 Å². The van der Waals surface area contributed by atoms with Gasteiger partial charge in [0.15, 0.2) is 0 Å². The molecule has 3 nitrogen and oxygen atoms in total. The fourth-order valence-electron chi connectivity index (χ4n) is 2.65. The summed E-state index contributed by atoms with van der Waals surface area (Å²) in [6.45, 7) is 4.99. The summed E-state index contributed by atoms with van der Waals surface area (Å²) >= 11 is 0. The molecule has 1 unspecified atom stereocenters. The minimum atomic E-state index is 0.179. The number of amides is 1. The van der Waals surface area contributed by atoms with Crippen LogP contribution in [0.2, 0.25) is 0 Å². The van der Waals surface area contributed by atoms with E-state index in [2.05, 4.69) is 35.8 Å². The normalized spacial score (nSPS) is 18.5. The van der Waals surface area contributed by atoms with Crippen LogP contribution in [0, 0.1) is 5.92 Å². The number of hydrogen-bond donors (Lipinski definition) is 2. The number of carbonyl (C=O) groups excluding carboxylic acids is 1. The molecule has 3 heteroatoms. The van der Waals surface area contributed by atoms with Crippen molar-refractivity contribution in [2.45, 2.75) is 39.2 Å². The van der Waals surface area contributed by atoms with Gasteiger partial charge in [-0.1, -0.05) is 31.2 Å². The first kappa shape index (κ1) is 14.1. The lowest BCUT2D eigenvalue weighted by Gasteiger charge is -2.11. The number of rotatable bonds is 6. The van der Waals surface area contributed by atoms with Crippen LogP contribution in [-0.2, 0) is 17.8 Å². The molecule has 1 aliphatic rings. The third kappa shape index (κ3) is 4.35. The molecule has 0 saturated carbocycles. The Hall–Kier alpha value is -1.35. The average Bonchev–Trinajstić information content (AvgIpc) is 2.96. The van der Waals surface area contributed by atoms with E-state index < -0.39 is 0 Å². The maximum absolute atomic E-state index is 11.8. The number of nitrogens with one attached hydrogen (secondary N) is 2. The van der Waals surface area contributed by atoms with Crippen molar-refractivity contribution in [2.24, 2.45) is 5.92 Å². The van der Waals surface area contributed by atoms with Crippen LogP contribution in [0.5, 0.6) is 0 Å². The Bertz CT molecular complexity index is 411. The van der Waals surface area contributed by atoms with Crippen molar-refractivity contribution in [1.29, 1.82) is 0 Å². The van der Waals surface area contributed by atoms with Crippen LogP contribution in [0.3, 0.4) is 0 Å². The van der Waals surface area contributed by atoms with E-state index in [1.807, 2.05) is 6.07 Å². The van der Waals surface area contributed by atoms with Gasteiger partial charge in [0, 0.05) is 13.0 Å². The lowest BCUT2D eigenvalue weighted by molar-refractivity contribution is -0.121. The van der Waals surface area contributed by atoms with Crippen molar-refractivity contribution >= 4 is 5.91 Å². The Balaban J connectivity index is 1.73. The molecule has 19 heavy (non-hydrogen) atoms. The van der Waals surface area contributed by atoms with Crippen molar-refractivity contribution in [3.05, 3.63) is 35.4 Å². The van der Waals surface area contributed by atoms with Gasteiger partial charge in [0.25, 0.3) is 0 Å². The van der Waals surface area contributed by atoms with Crippen molar-refractivity contribution in [3.8, 4) is 0 Å². The molecule has 104 valence electrons. The molecular formula is C16H24N2O. The van der Waals surface area contributed by atoms with Crippen LogP contribution in [0.25, 0.3) is 0 Å². The number of aryl methyl sites for hydroxylation is 1. The SMILES string of the molecule is CCc1ccccc1CNC(=O)CCC1CCNC1. The highest BCUT2D eigenvalue weighted by Gasteiger charge is 2.15. The van der Waals surface area contributed by atoms with Gasteiger partial charge in [0.1, 0.15) is 0 Å². The van der Waals surface area contributed by atoms with Crippen molar-refractivity contribution in [2.75, 3.05) is 13.1 Å². The fraction of sp³-hybridized carbons (Fsp3) is 0.562. The van der Waals surface area contributed by atoms with Crippen LogP contribution in [0.15, 0.2) is 24.3 Å². The molecule has 1 aromatic carbocycles. The van der Waals surface area contributed by atoms with E-state index in [-0.39, 0.29) is 5.91 Å². The van der Waals surface area contributed by atoms with E-state index in [1.165, 1.54) is 17.5 Å².